The van der Waals surface area contributed by atoms with Crippen LogP contribution in [0.15, 0.2) is 48.5 Å². The Morgan fingerprint density at radius 1 is 1.05 bits per heavy atom. The Bertz CT molecular complexity index is 665. The Morgan fingerprint density at radius 2 is 1.77 bits per heavy atom. The number of hydrogen-bond donors (Lipinski definition) is 2. The van der Waals surface area contributed by atoms with Gasteiger partial charge in [-0.1, -0.05) is 42.0 Å². The molecule has 0 radical (unpaired) electrons. The third-order valence-electron chi connectivity index (χ3n) is 3.33. The summed E-state index contributed by atoms with van der Waals surface area (Å²) >= 11 is 0. The minimum atomic E-state index is -0.881. The molecule has 1 amide bonds. The maximum atomic E-state index is 12.0. The summed E-state index contributed by atoms with van der Waals surface area (Å²) in [4.78, 5) is 22.4. The minimum absolute atomic E-state index is 0.00681. The Balaban J connectivity index is 2.14. The topological polar surface area (TPSA) is 66.4 Å². The number of nitrogens with one attached hydrogen (secondary N) is 1. The van der Waals surface area contributed by atoms with E-state index in [4.69, 9.17) is 5.11 Å². The standard InChI is InChI=1S/C18H19NO3/c1-13-10-11-16(19-17(20)8-5-9-18(21)22)15(12-13)14-6-3-2-4-7-14/h2-4,6-7,10-12H,5,8-9H2,1H3,(H,19,20)(H,21,22). The van der Waals surface area contributed by atoms with E-state index >= 15 is 0 Å². The van der Waals surface area contributed by atoms with Crippen LogP contribution in [-0.4, -0.2) is 17.0 Å². The van der Waals surface area contributed by atoms with Gasteiger partial charge in [-0.05, 0) is 31.0 Å². The van der Waals surface area contributed by atoms with E-state index in [1.165, 1.54) is 0 Å². The van der Waals surface area contributed by atoms with Crippen LogP contribution in [-0.2, 0) is 9.59 Å². The number of anilines is 1. The Labute approximate surface area is 129 Å². The van der Waals surface area contributed by atoms with Gasteiger partial charge in [-0.3, -0.25) is 9.59 Å². The van der Waals surface area contributed by atoms with E-state index in [1.807, 2.05) is 55.5 Å². The average molecular weight is 297 g/mol. The molecule has 0 aliphatic carbocycles. The largest absolute Gasteiger partial charge is 0.481 e. The summed E-state index contributed by atoms with van der Waals surface area (Å²) in [6, 6.07) is 15.7. The zero-order valence-electron chi connectivity index (χ0n) is 12.5. The third-order valence-corrected chi connectivity index (χ3v) is 3.33. The quantitative estimate of drug-likeness (QED) is 0.851. The number of rotatable bonds is 6. The molecule has 0 aliphatic rings. The SMILES string of the molecule is Cc1ccc(NC(=O)CCCC(=O)O)c(-c2ccccc2)c1. The van der Waals surface area contributed by atoms with Gasteiger partial charge in [0.15, 0.2) is 0 Å². The van der Waals surface area contributed by atoms with Gasteiger partial charge in [0.1, 0.15) is 0 Å². The number of carboxylic acid groups (broad SMARTS) is 1. The molecule has 2 aromatic carbocycles. The molecule has 0 saturated heterocycles. The van der Waals surface area contributed by atoms with Crippen LogP contribution >= 0.6 is 0 Å². The van der Waals surface area contributed by atoms with Crippen molar-refractivity contribution in [2.45, 2.75) is 26.2 Å². The van der Waals surface area contributed by atoms with Gasteiger partial charge < -0.3 is 10.4 Å². The van der Waals surface area contributed by atoms with Crippen molar-refractivity contribution in [2.24, 2.45) is 0 Å². The summed E-state index contributed by atoms with van der Waals surface area (Å²) in [7, 11) is 0. The van der Waals surface area contributed by atoms with Crippen LogP contribution in [0.25, 0.3) is 11.1 Å². The molecule has 2 N–H and O–H groups in total. The number of aliphatic carboxylic acids is 1. The van der Waals surface area contributed by atoms with Crippen molar-refractivity contribution in [3.63, 3.8) is 0 Å². The van der Waals surface area contributed by atoms with E-state index < -0.39 is 5.97 Å². The molecular formula is C18H19NO3. The van der Waals surface area contributed by atoms with Crippen LogP contribution < -0.4 is 5.32 Å². The molecule has 0 aliphatic heterocycles. The Kier molecular flexibility index (Phi) is 5.31. The van der Waals surface area contributed by atoms with E-state index in [0.29, 0.717) is 6.42 Å². The second kappa shape index (κ2) is 7.41. The smallest absolute Gasteiger partial charge is 0.303 e. The van der Waals surface area contributed by atoms with Gasteiger partial charge in [0.25, 0.3) is 0 Å². The summed E-state index contributed by atoms with van der Waals surface area (Å²) in [5.41, 5.74) is 3.86. The van der Waals surface area contributed by atoms with E-state index in [1.54, 1.807) is 0 Å². The number of aryl methyl sites for hydroxylation is 1. The summed E-state index contributed by atoms with van der Waals surface area (Å²) in [6.07, 6.45) is 0.551. The van der Waals surface area contributed by atoms with E-state index in [2.05, 4.69) is 5.32 Å². The van der Waals surface area contributed by atoms with Crippen LogP contribution in [0.3, 0.4) is 0 Å². The normalized spacial score (nSPS) is 10.2. The predicted molar refractivity (Wildman–Crippen MR) is 86.7 cm³/mol. The third kappa shape index (κ3) is 4.45. The second-order valence-electron chi connectivity index (χ2n) is 5.21. The lowest BCUT2D eigenvalue weighted by atomic mass is 10.0. The first kappa shape index (κ1) is 15.8. The average Bonchev–Trinajstić information content (AvgIpc) is 2.49. The van der Waals surface area contributed by atoms with Crippen molar-refractivity contribution in [1.29, 1.82) is 0 Å². The molecule has 4 nitrogen and oxygen atoms in total. The first-order valence-electron chi connectivity index (χ1n) is 7.24. The zero-order valence-corrected chi connectivity index (χ0v) is 12.5. The number of carbonyl (C=O) groups is 2. The van der Waals surface area contributed by atoms with Crippen LogP contribution in [0.4, 0.5) is 5.69 Å². The molecule has 0 fully saturated rings. The Hall–Kier alpha value is -2.62. The predicted octanol–water partition coefficient (Wildman–Crippen LogP) is 3.86. The molecule has 0 saturated carbocycles. The van der Waals surface area contributed by atoms with E-state index in [0.717, 1.165) is 22.4 Å². The van der Waals surface area contributed by atoms with Crippen LogP contribution in [0, 0.1) is 6.92 Å². The highest BCUT2D eigenvalue weighted by molar-refractivity contribution is 5.95. The number of carboxylic acids is 1. The highest BCUT2D eigenvalue weighted by Gasteiger charge is 2.09. The van der Waals surface area contributed by atoms with Gasteiger partial charge in [0.05, 0.1) is 0 Å². The van der Waals surface area contributed by atoms with Crippen LogP contribution in [0.1, 0.15) is 24.8 Å². The number of benzene rings is 2. The van der Waals surface area contributed by atoms with Crippen molar-refractivity contribution >= 4 is 17.6 Å². The molecule has 2 rings (SSSR count). The molecule has 22 heavy (non-hydrogen) atoms. The molecule has 114 valence electrons. The molecule has 4 heteroatoms. The van der Waals surface area contributed by atoms with Crippen molar-refractivity contribution in [2.75, 3.05) is 5.32 Å². The highest BCUT2D eigenvalue weighted by atomic mass is 16.4. The monoisotopic (exact) mass is 297 g/mol. The van der Waals surface area contributed by atoms with Gasteiger partial charge in [0, 0.05) is 24.1 Å². The second-order valence-corrected chi connectivity index (χ2v) is 5.21. The fourth-order valence-corrected chi connectivity index (χ4v) is 2.24. The fraction of sp³-hybridized carbons (Fsp3) is 0.222. The maximum Gasteiger partial charge on any atom is 0.303 e. The summed E-state index contributed by atoms with van der Waals surface area (Å²) in [5.74, 6) is -1.05. The lowest BCUT2D eigenvalue weighted by Crippen LogP contribution is -2.12. The molecule has 2 aromatic rings. The van der Waals surface area contributed by atoms with E-state index in [-0.39, 0.29) is 18.7 Å². The molecule has 0 unspecified atom stereocenters. The van der Waals surface area contributed by atoms with Crippen molar-refractivity contribution in [1.82, 2.24) is 0 Å². The Morgan fingerprint density at radius 3 is 2.45 bits per heavy atom. The van der Waals surface area contributed by atoms with Gasteiger partial charge in [-0.25, -0.2) is 0 Å². The lowest BCUT2D eigenvalue weighted by molar-refractivity contribution is -0.137. The van der Waals surface area contributed by atoms with Gasteiger partial charge in [-0.2, -0.15) is 0 Å². The summed E-state index contributed by atoms with van der Waals surface area (Å²) in [5, 5.41) is 11.5. The number of hydrogen-bond acceptors (Lipinski definition) is 2. The molecule has 0 spiro atoms. The van der Waals surface area contributed by atoms with Crippen molar-refractivity contribution in [3.8, 4) is 11.1 Å². The van der Waals surface area contributed by atoms with Crippen LogP contribution in [0.5, 0.6) is 0 Å². The number of amides is 1. The fourth-order valence-electron chi connectivity index (χ4n) is 2.24. The first-order valence-corrected chi connectivity index (χ1v) is 7.24. The minimum Gasteiger partial charge on any atom is -0.481 e. The molecular weight excluding hydrogens is 278 g/mol. The molecule has 0 atom stereocenters. The molecule has 0 heterocycles. The van der Waals surface area contributed by atoms with E-state index in [9.17, 15) is 9.59 Å². The van der Waals surface area contributed by atoms with Crippen molar-refractivity contribution in [3.05, 3.63) is 54.1 Å². The first-order chi connectivity index (χ1) is 10.6. The zero-order chi connectivity index (χ0) is 15.9. The van der Waals surface area contributed by atoms with Gasteiger partial charge in [-0.15, -0.1) is 0 Å². The summed E-state index contributed by atoms with van der Waals surface area (Å²) in [6.45, 7) is 2.00. The van der Waals surface area contributed by atoms with Gasteiger partial charge >= 0.3 is 5.97 Å². The maximum absolute atomic E-state index is 12.0. The molecule has 0 aromatic heterocycles. The lowest BCUT2D eigenvalue weighted by Gasteiger charge is -2.12. The summed E-state index contributed by atoms with van der Waals surface area (Å²) < 4.78 is 0. The van der Waals surface area contributed by atoms with Crippen molar-refractivity contribution < 1.29 is 14.7 Å². The highest BCUT2D eigenvalue weighted by Crippen LogP contribution is 2.29. The van der Waals surface area contributed by atoms with Gasteiger partial charge in [0.2, 0.25) is 5.91 Å². The number of carbonyl (C=O) groups excluding carboxylic acids is 1. The molecule has 0 bridgehead atoms. The van der Waals surface area contributed by atoms with Crippen LogP contribution in [0.2, 0.25) is 0 Å².